The predicted molar refractivity (Wildman–Crippen MR) is 100 cm³/mol. The van der Waals surface area contributed by atoms with Gasteiger partial charge in [0, 0.05) is 26.2 Å². The van der Waals surface area contributed by atoms with E-state index < -0.39 is 12.1 Å². The van der Waals surface area contributed by atoms with Crippen LogP contribution in [0.3, 0.4) is 0 Å². The van der Waals surface area contributed by atoms with E-state index in [0.29, 0.717) is 12.8 Å². The van der Waals surface area contributed by atoms with E-state index in [4.69, 9.17) is 0 Å². The topological polar surface area (TPSA) is 124 Å². The number of unbranched alkanes of at least 4 members (excludes halogenated alkanes) is 6. The van der Waals surface area contributed by atoms with Crippen LogP contribution in [-0.4, -0.2) is 48.3 Å². The van der Waals surface area contributed by atoms with Gasteiger partial charge in [-0.05, 0) is 12.8 Å². The minimum absolute atomic E-state index is 0.119. The van der Waals surface area contributed by atoms with Gasteiger partial charge in [0.25, 0.3) is 0 Å². The van der Waals surface area contributed by atoms with Gasteiger partial charge in [-0.1, -0.05) is 52.4 Å². The predicted octanol–water partition coefficient (Wildman–Crippen LogP) is 3.53. The van der Waals surface area contributed by atoms with E-state index in [2.05, 4.69) is 35.1 Å². The molecule has 0 aromatic heterocycles. The van der Waals surface area contributed by atoms with Crippen molar-refractivity contribution in [3.8, 4) is 0 Å². The second-order valence-corrected chi connectivity index (χ2v) is 5.99. The number of amides is 4. The quantitative estimate of drug-likeness (QED) is 0.259. The summed E-state index contributed by atoms with van der Waals surface area (Å²) in [5, 5.41) is 12.1. The molecule has 0 aliphatic carbocycles. The van der Waals surface area contributed by atoms with Crippen LogP contribution in [0.1, 0.15) is 65.2 Å². The van der Waals surface area contributed by atoms with Crippen molar-refractivity contribution in [1.82, 2.24) is 20.7 Å². The molecular formula is C16H32N6O4. The van der Waals surface area contributed by atoms with Gasteiger partial charge in [0.15, 0.2) is 0 Å². The van der Waals surface area contributed by atoms with Crippen LogP contribution in [0.15, 0.2) is 10.6 Å². The number of rotatable bonds is 15. The maximum atomic E-state index is 11.8. The fraction of sp³-hybridized carbons (Fsp3) is 0.875. The van der Waals surface area contributed by atoms with Crippen LogP contribution in [-0.2, 0) is 0 Å². The maximum Gasteiger partial charge on any atom is 0.340 e. The van der Waals surface area contributed by atoms with E-state index in [1.54, 1.807) is 0 Å². The van der Waals surface area contributed by atoms with Crippen LogP contribution in [0.4, 0.5) is 9.59 Å². The molecule has 0 fully saturated rings. The smallest absolute Gasteiger partial charge is 0.335 e. The minimum Gasteiger partial charge on any atom is -0.335 e. The first kappa shape index (κ1) is 23.7. The average Bonchev–Trinajstić information content (AvgIpc) is 2.65. The van der Waals surface area contributed by atoms with E-state index in [0.717, 1.165) is 48.5 Å². The Labute approximate surface area is 154 Å². The number of nitroso groups, excluding NO2 is 2. The Morgan fingerprint density at radius 1 is 0.692 bits per heavy atom. The Morgan fingerprint density at radius 2 is 1.08 bits per heavy atom. The molecule has 0 saturated carbocycles. The summed E-state index contributed by atoms with van der Waals surface area (Å²) in [6, 6.07) is -1.20. The van der Waals surface area contributed by atoms with E-state index >= 15 is 0 Å². The third-order valence-corrected chi connectivity index (χ3v) is 3.79. The van der Waals surface area contributed by atoms with Gasteiger partial charge in [-0.25, -0.2) is 9.59 Å². The maximum absolute atomic E-state index is 11.8. The van der Waals surface area contributed by atoms with Gasteiger partial charge in [-0.3, -0.25) is 0 Å². The molecule has 10 heteroatoms. The highest BCUT2D eigenvalue weighted by atomic mass is 16.3. The van der Waals surface area contributed by atoms with Crippen LogP contribution in [0.25, 0.3) is 0 Å². The lowest BCUT2D eigenvalue weighted by Gasteiger charge is -2.16. The second kappa shape index (κ2) is 16.2. The molecule has 0 aromatic rings. The highest BCUT2D eigenvalue weighted by molar-refractivity contribution is 5.75. The number of nitrogens with one attached hydrogen (secondary N) is 2. The van der Waals surface area contributed by atoms with Gasteiger partial charge in [-0.2, -0.15) is 10.0 Å². The lowest BCUT2D eigenvalue weighted by molar-refractivity contribution is 0.193. The number of nitrogens with zero attached hydrogens (tertiary/aromatic N) is 4. The van der Waals surface area contributed by atoms with Crippen LogP contribution in [0.2, 0.25) is 0 Å². The zero-order valence-corrected chi connectivity index (χ0v) is 15.9. The first-order chi connectivity index (χ1) is 12.6. The molecule has 150 valence electrons. The molecule has 0 aliphatic rings. The number of urea groups is 2. The Kier molecular flexibility index (Phi) is 14.8. The molecule has 0 aromatic carbocycles. The van der Waals surface area contributed by atoms with Crippen molar-refractivity contribution in [2.75, 3.05) is 26.2 Å². The summed E-state index contributed by atoms with van der Waals surface area (Å²) >= 11 is 0. The Balaban J connectivity index is 3.98. The molecule has 0 spiro atoms. The summed E-state index contributed by atoms with van der Waals surface area (Å²) in [6.45, 7) is 4.92. The molecule has 0 aliphatic heterocycles. The van der Waals surface area contributed by atoms with Crippen molar-refractivity contribution in [3.05, 3.63) is 9.81 Å². The zero-order valence-electron chi connectivity index (χ0n) is 15.9. The van der Waals surface area contributed by atoms with Crippen molar-refractivity contribution < 1.29 is 9.59 Å². The molecule has 4 amide bonds. The summed E-state index contributed by atoms with van der Waals surface area (Å²) < 4.78 is 0. The third-order valence-electron chi connectivity index (χ3n) is 3.79. The number of carbonyl (C=O) groups excluding carboxylic acids is 2. The monoisotopic (exact) mass is 372 g/mol. The fourth-order valence-corrected chi connectivity index (χ4v) is 2.26. The number of hydrogen-bond donors (Lipinski definition) is 2. The average molecular weight is 372 g/mol. The molecule has 0 bridgehead atoms. The van der Waals surface area contributed by atoms with Gasteiger partial charge in [-0.15, -0.1) is 9.81 Å². The highest BCUT2D eigenvalue weighted by Crippen LogP contribution is 2.03. The lowest BCUT2D eigenvalue weighted by Crippen LogP contribution is -2.43. The molecule has 26 heavy (non-hydrogen) atoms. The SMILES string of the molecule is CCCCCCN(N=O)C(=O)NCCNC(=O)N(CCCCCC)N=O. The third kappa shape index (κ3) is 11.3. The normalized spacial score (nSPS) is 10.1. The number of hydrogen-bond acceptors (Lipinski definition) is 6. The summed E-state index contributed by atoms with van der Waals surface area (Å²) in [5.74, 6) is 0. The zero-order chi connectivity index (χ0) is 19.6. The molecular weight excluding hydrogens is 340 g/mol. The second-order valence-electron chi connectivity index (χ2n) is 5.99. The van der Waals surface area contributed by atoms with Crippen LogP contribution in [0, 0.1) is 9.81 Å². The van der Waals surface area contributed by atoms with Crippen molar-refractivity contribution in [2.24, 2.45) is 10.6 Å². The standard InChI is InChI=1S/C16H32N6O4/c1-3-5-7-9-13-21(19-25)15(23)17-11-12-18-16(24)22(20-26)14-10-8-6-4-2/h3-14H2,1-2H3,(H,17,23)(H,18,24). The summed E-state index contributed by atoms with van der Waals surface area (Å²) in [6.07, 6.45) is 7.48. The molecule has 0 unspecified atom stereocenters. The fourth-order valence-electron chi connectivity index (χ4n) is 2.26. The molecule has 10 nitrogen and oxygen atoms in total. The van der Waals surface area contributed by atoms with E-state index in [-0.39, 0.29) is 26.2 Å². The largest absolute Gasteiger partial charge is 0.340 e. The van der Waals surface area contributed by atoms with Gasteiger partial charge in [0.1, 0.15) is 0 Å². The molecule has 0 atom stereocenters. The first-order valence-electron chi connectivity index (χ1n) is 9.37. The molecule has 0 radical (unpaired) electrons. The van der Waals surface area contributed by atoms with Gasteiger partial charge in [0.2, 0.25) is 0 Å². The molecule has 2 N–H and O–H groups in total. The summed E-state index contributed by atoms with van der Waals surface area (Å²) in [5.41, 5.74) is 0. The van der Waals surface area contributed by atoms with Crippen LogP contribution >= 0.6 is 0 Å². The number of carbonyl (C=O) groups is 2. The van der Waals surface area contributed by atoms with Crippen LogP contribution < -0.4 is 10.6 Å². The van der Waals surface area contributed by atoms with Crippen molar-refractivity contribution in [2.45, 2.75) is 65.2 Å². The van der Waals surface area contributed by atoms with Crippen molar-refractivity contribution in [3.63, 3.8) is 0 Å². The molecule has 0 rings (SSSR count). The van der Waals surface area contributed by atoms with Crippen LogP contribution in [0.5, 0.6) is 0 Å². The Bertz CT molecular complexity index is 384. The molecule has 0 heterocycles. The Hall–Kier alpha value is -2.26. The summed E-state index contributed by atoms with van der Waals surface area (Å²) in [7, 11) is 0. The Morgan fingerprint density at radius 3 is 1.38 bits per heavy atom. The van der Waals surface area contributed by atoms with E-state index in [9.17, 15) is 19.4 Å². The summed E-state index contributed by atoms with van der Waals surface area (Å²) in [4.78, 5) is 45.0. The van der Waals surface area contributed by atoms with Gasteiger partial charge < -0.3 is 10.6 Å². The van der Waals surface area contributed by atoms with E-state index in [1.165, 1.54) is 0 Å². The minimum atomic E-state index is -0.601. The van der Waals surface area contributed by atoms with E-state index in [1.807, 2.05) is 0 Å². The molecule has 0 saturated heterocycles. The van der Waals surface area contributed by atoms with Gasteiger partial charge >= 0.3 is 12.1 Å². The van der Waals surface area contributed by atoms with Gasteiger partial charge in [0.05, 0.1) is 10.6 Å². The first-order valence-corrected chi connectivity index (χ1v) is 9.37. The highest BCUT2D eigenvalue weighted by Gasteiger charge is 2.15. The lowest BCUT2D eigenvalue weighted by atomic mass is 10.2. The van der Waals surface area contributed by atoms with Crippen molar-refractivity contribution >= 4 is 12.1 Å². The van der Waals surface area contributed by atoms with Crippen molar-refractivity contribution in [1.29, 1.82) is 0 Å².